The van der Waals surface area contributed by atoms with Crippen LogP contribution in [0.1, 0.15) is 20.7 Å². The van der Waals surface area contributed by atoms with Gasteiger partial charge in [-0.15, -0.1) is 0 Å². The van der Waals surface area contributed by atoms with Gasteiger partial charge in [0.05, 0.1) is 12.7 Å². The summed E-state index contributed by atoms with van der Waals surface area (Å²) in [7, 11) is 1.49. The summed E-state index contributed by atoms with van der Waals surface area (Å²) in [6.07, 6.45) is 0.762. The molecule has 0 saturated carbocycles. The molecule has 2 aromatic rings. The monoisotopic (exact) mass is 256 g/mol. The van der Waals surface area contributed by atoms with E-state index in [4.69, 9.17) is 9.84 Å². The number of hydrogen-bond donors (Lipinski definition) is 1. The average molecular weight is 256 g/mol. The molecule has 4 heteroatoms. The van der Waals surface area contributed by atoms with Gasteiger partial charge in [-0.2, -0.15) is 0 Å². The zero-order valence-electron chi connectivity index (χ0n) is 10.3. The van der Waals surface area contributed by atoms with Gasteiger partial charge in [0.25, 0.3) is 0 Å². The molecule has 0 aliphatic rings. The molecule has 0 radical (unpaired) electrons. The van der Waals surface area contributed by atoms with E-state index in [2.05, 4.69) is 0 Å². The highest BCUT2D eigenvalue weighted by atomic mass is 16.5. The molecule has 0 spiro atoms. The van der Waals surface area contributed by atoms with Gasteiger partial charge in [0.15, 0.2) is 0 Å². The molecule has 0 aromatic heterocycles. The maximum atomic E-state index is 11.1. The number of benzene rings is 2. The highest BCUT2D eigenvalue weighted by Gasteiger charge is 2.08. The molecule has 0 heterocycles. The number of aromatic carboxylic acids is 1. The van der Waals surface area contributed by atoms with E-state index in [9.17, 15) is 9.59 Å². The first-order valence-corrected chi connectivity index (χ1v) is 5.62. The summed E-state index contributed by atoms with van der Waals surface area (Å²) in [5, 5.41) is 9.06. The molecule has 0 aliphatic carbocycles. The van der Waals surface area contributed by atoms with Gasteiger partial charge in [0.1, 0.15) is 12.0 Å². The Morgan fingerprint density at radius 2 is 1.79 bits per heavy atom. The number of carboxylic acid groups (broad SMARTS) is 1. The molecule has 0 amide bonds. The second-order valence-electron chi connectivity index (χ2n) is 4.00. The smallest absolute Gasteiger partial charge is 0.335 e. The number of ether oxygens (including phenoxy) is 1. The fourth-order valence-corrected chi connectivity index (χ4v) is 1.76. The number of carbonyl (C=O) groups excluding carboxylic acids is 1. The van der Waals surface area contributed by atoms with Crippen LogP contribution in [0.15, 0.2) is 42.5 Å². The molecule has 0 aliphatic heterocycles. The Bertz CT molecular complexity index is 615. The lowest BCUT2D eigenvalue weighted by Gasteiger charge is -2.07. The molecule has 0 bridgehead atoms. The highest BCUT2D eigenvalue weighted by molar-refractivity contribution is 5.90. The van der Waals surface area contributed by atoms with Crippen LogP contribution in [-0.4, -0.2) is 24.5 Å². The molecular weight excluding hydrogens is 244 g/mol. The number of hydrogen-bond acceptors (Lipinski definition) is 3. The summed E-state index contributed by atoms with van der Waals surface area (Å²) in [5.74, 6) is -0.529. The van der Waals surface area contributed by atoms with Gasteiger partial charge in [-0.05, 0) is 29.3 Å². The van der Waals surface area contributed by atoms with E-state index in [1.54, 1.807) is 36.4 Å². The fourth-order valence-electron chi connectivity index (χ4n) is 1.76. The average Bonchev–Trinajstić information content (AvgIpc) is 2.46. The third-order valence-corrected chi connectivity index (χ3v) is 2.77. The molecule has 0 atom stereocenters. The van der Waals surface area contributed by atoms with Gasteiger partial charge < -0.3 is 9.84 Å². The molecule has 1 N–H and O–H groups in total. The van der Waals surface area contributed by atoms with Gasteiger partial charge >= 0.3 is 5.97 Å². The van der Waals surface area contributed by atoms with Crippen molar-refractivity contribution >= 4 is 12.3 Å². The second-order valence-corrected chi connectivity index (χ2v) is 4.00. The van der Waals surface area contributed by atoms with Crippen LogP contribution in [-0.2, 0) is 0 Å². The standard InChI is InChI=1S/C15H12O4/c1-19-14-7-12(6-13(8-14)15(17)18)11-4-2-10(9-16)3-5-11/h2-9H,1H3,(H,17,18). The van der Waals surface area contributed by atoms with Gasteiger partial charge in [0, 0.05) is 5.56 Å². The van der Waals surface area contributed by atoms with Crippen molar-refractivity contribution in [3.05, 3.63) is 53.6 Å². The van der Waals surface area contributed by atoms with E-state index in [1.807, 2.05) is 0 Å². The zero-order valence-corrected chi connectivity index (χ0v) is 10.3. The Kier molecular flexibility index (Phi) is 3.61. The number of rotatable bonds is 4. The van der Waals surface area contributed by atoms with E-state index >= 15 is 0 Å². The number of methoxy groups -OCH3 is 1. The topological polar surface area (TPSA) is 63.6 Å². The second kappa shape index (κ2) is 5.35. The Morgan fingerprint density at radius 1 is 1.11 bits per heavy atom. The van der Waals surface area contributed by atoms with Crippen molar-refractivity contribution in [3.8, 4) is 16.9 Å². The van der Waals surface area contributed by atoms with Crippen LogP contribution < -0.4 is 4.74 Å². The van der Waals surface area contributed by atoms with Crippen LogP contribution >= 0.6 is 0 Å². The molecule has 0 unspecified atom stereocenters. The van der Waals surface area contributed by atoms with Crippen molar-refractivity contribution in [2.45, 2.75) is 0 Å². The number of carboxylic acids is 1. The van der Waals surface area contributed by atoms with Crippen molar-refractivity contribution < 1.29 is 19.4 Å². The maximum absolute atomic E-state index is 11.1. The van der Waals surface area contributed by atoms with Gasteiger partial charge in [0.2, 0.25) is 0 Å². The Balaban J connectivity index is 2.50. The zero-order chi connectivity index (χ0) is 13.8. The van der Waals surface area contributed by atoms with Crippen LogP contribution in [0.4, 0.5) is 0 Å². The lowest BCUT2D eigenvalue weighted by Crippen LogP contribution is -1.98. The predicted octanol–water partition coefficient (Wildman–Crippen LogP) is 2.87. The number of aldehydes is 1. The van der Waals surface area contributed by atoms with E-state index < -0.39 is 5.97 Å². The fraction of sp³-hybridized carbons (Fsp3) is 0.0667. The summed E-state index contributed by atoms with van der Waals surface area (Å²) in [5.41, 5.74) is 2.29. The molecule has 4 nitrogen and oxygen atoms in total. The van der Waals surface area contributed by atoms with Crippen molar-refractivity contribution in [1.29, 1.82) is 0 Å². The summed E-state index contributed by atoms with van der Waals surface area (Å²) in [6.45, 7) is 0. The minimum absolute atomic E-state index is 0.161. The van der Waals surface area contributed by atoms with Crippen molar-refractivity contribution in [2.75, 3.05) is 7.11 Å². The quantitative estimate of drug-likeness (QED) is 0.854. The summed E-state index contributed by atoms with van der Waals surface area (Å²) >= 11 is 0. The Morgan fingerprint density at radius 3 is 2.32 bits per heavy atom. The first-order valence-electron chi connectivity index (χ1n) is 5.62. The molecular formula is C15H12O4. The maximum Gasteiger partial charge on any atom is 0.335 e. The third-order valence-electron chi connectivity index (χ3n) is 2.77. The lowest BCUT2D eigenvalue weighted by atomic mass is 10.0. The highest BCUT2D eigenvalue weighted by Crippen LogP contribution is 2.26. The Hall–Kier alpha value is -2.62. The summed E-state index contributed by atoms with van der Waals surface area (Å²) in [4.78, 5) is 21.7. The molecule has 2 rings (SSSR count). The van der Waals surface area contributed by atoms with E-state index in [-0.39, 0.29) is 5.56 Å². The Labute approximate surface area is 110 Å². The minimum atomic E-state index is -1.01. The van der Waals surface area contributed by atoms with E-state index in [0.29, 0.717) is 11.3 Å². The largest absolute Gasteiger partial charge is 0.497 e. The van der Waals surface area contributed by atoms with E-state index in [0.717, 1.165) is 17.4 Å². The SMILES string of the molecule is COc1cc(C(=O)O)cc(-c2ccc(C=O)cc2)c1. The van der Waals surface area contributed by atoms with Crippen LogP contribution in [0.3, 0.4) is 0 Å². The molecule has 96 valence electrons. The van der Waals surface area contributed by atoms with Crippen LogP contribution in [0.5, 0.6) is 5.75 Å². The van der Waals surface area contributed by atoms with Gasteiger partial charge in [-0.1, -0.05) is 24.3 Å². The number of carbonyl (C=O) groups is 2. The van der Waals surface area contributed by atoms with Crippen LogP contribution in [0.25, 0.3) is 11.1 Å². The predicted molar refractivity (Wildman–Crippen MR) is 70.8 cm³/mol. The molecule has 19 heavy (non-hydrogen) atoms. The first kappa shape index (κ1) is 12.8. The molecule has 2 aromatic carbocycles. The van der Waals surface area contributed by atoms with Crippen molar-refractivity contribution in [1.82, 2.24) is 0 Å². The van der Waals surface area contributed by atoms with E-state index in [1.165, 1.54) is 13.2 Å². The lowest BCUT2D eigenvalue weighted by molar-refractivity contribution is 0.0696. The van der Waals surface area contributed by atoms with Gasteiger partial charge in [-0.3, -0.25) is 4.79 Å². The molecule has 0 fully saturated rings. The summed E-state index contributed by atoms with van der Waals surface area (Å²) in [6, 6.07) is 11.7. The third kappa shape index (κ3) is 2.80. The molecule has 0 saturated heterocycles. The van der Waals surface area contributed by atoms with Crippen molar-refractivity contribution in [2.24, 2.45) is 0 Å². The van der Waals surface area contributed by atoms with Crippen LogP contribution in [0.2, 0.25) is 0 Å². The van der Waals surface area contributed by atoms with Crippen molar-refractivity contribution in [3.63, 3.8) is 0 Å². The van der Waals surface area contributed by atoms with Gasteiger partial charge in [-0.25, -0.2) is 4.79 Å². The van der Waals surface area contributed by atoms with Crippen LogP contribution in [0, 0.1) is 0 Å². The normalized spacial score (nSPS) is 9.95. The minimum Gasteiger partial charge on any atom is -0.497 e. The first-order chi connectivity index (χ1) is 9.13. The summed E-state index contributed by atoms with van der Waals surface area (Å²) < 4.78 is 5.09.